The van der Waals surface area contributed by atoms with E-state index in [1.54, 1.807) is 12.1 Å². The fourth-order valence-corrected chi connectivity index (χ4v) is 2.50. The number of hydrogen-bond acceptors (Lipinski definition) is 1. The standard InChI is InChI=1S/C16H16FIO/c1-16(12-18,14-8-3-2-4-9-14)19-11-13-7-5-6-10-15(13)17/h2-10H,11-12H2,1H3. The Labute approximate surface area is 126 Å². The molecular formula is C16H16FIO. The fraction of sp³-hybridized carbons (Fsp3) is 0.250. The van der Waals surface area contributed by atoms with E-state index in [-0.39, 0.29) is 12.4 Å². The molecule has 1 unspecified atom stereocenters. The zero-order valence-corrected chi connectivity index (χ0v) is 12.9. The van der Waals surface area contributed by atoms with Crippen molar-refractivity contribution in [1.82, 2.24) is 0 Å². The third-order valence-electron chi connectivity index (χ3n) is 3.14. The molecule has 0 aromatic heterocycles. The van der Waals surface area contributed by atoms with Crippen LogP contribution < -0.4 is 0 Å². The third kappa shape index (κ3) is 3.54. The van der Waals surface area contributed by atoms with Gasteiger partial charge in [-0.05, 0) is 18.6 Å². The van der Waals surface area contributed by atoms with Gasteiger partial charge in [-0.2, -0.15) is 0 Å². The molecule has 1 atom stereocenters. The molecule has 0 saturated heterocycles. The Kier molecular flexibility index (Phi) is 4.93. The second-order valence-electron chi connectivity index (χ2n) is 4.61. The highest BCUT2D eigenvalue weighted by Crippen LogP contribution is 2.29. The predicted octanol–water partition coefficient (Wildman–Crippen LogP) is 4.69. The van der Waals surface area contributed by atoms with Gasteiger partial charge in [0, 0.05) is 9.99 Å². The van der Waals surface area contributed by atoms with E-state index >= 15 is 0 Å². The normalized spacial score (nSPS) is 14.1. The van der Waals surface area contributed by atoms with E-state index in [4.69, 9.17) is 4.74 Å². The molecule has 0 amide bonds. The molecule has 0 aliphatic rings. The van der Waals surface area contributed by atoms with Crippen LogP contribution in [0.4, 0.5) is 4.39 Å². The molecule has 0 N–H and O–H groups in total. The van der Waals surface area contributed by atoms with Crippen LogP contribution in [-0.2, 0) is 16.9 Å². The van der Waals surface area contributed by atoms with Gasteiger partial charge < -0.3 is 4.74 Å². The average molecular weight is 370 g/mol. The van der Waals surface area contributed by atoms with Gasteiger partial charge in [0.15, 0.2) is 0 Å². The maximum absolute atomic E-state index is 13.6. The molecular weight excluding hydrogens is 354 g/mol. The topological polar surface area (TPSA) is 9.23 Å². The molecule has 0 spiro atoms. The second kappa shape index (κ2) is 6.48. The third-order valence-corrected chi connectivity index (χ3v) is 4.60. The molecule has 3 heteroatoms. The van der Waals surface area contributed by atoms with Crippen molar-refractivity contribution in [2.75, 3.05) is 4.43 Å². The second-order valence-corrected chi connectivity index (χ2v) is 5.37. The quantitative estimate of drug-likeness (QED) is 0.548. The summed E-state index contributed by atoms with van der Waals surface area (Å²) >= 11 is 2.30. The zero-order valence-electron chi connectivity index (χ0n) is 10.8. The van der Waals surface area contributed by atoms with Crippen molar-refractivity contribution < 1.29 is 9.13 Å². The first-order valence-corrected chi connectivity index (χ1v) is 7.67. The Balaban J connectivity index is 2.14. The Morgan fingerprint density at radius 2 is 1.68 bits per heavy atom. The molecule has 0 bridgehead atoms. The summed E-state index contributed by atoms with van der Waals surface area (Å²) in [5.41, 5.74) is 1.31. The monoisotopic (exact) mass is 370 g/mol. The van der Waals surface area contributed by atoms with E-state index in [1.807, 2.05) is 43.3 Å². The molecule has 0 saturated carbocycles. The van der Waals surface area contributed by atoms with Gasteiger partial charge >= 0.3 is 0 Å². The van der Waals surface area contributed by atoms with Crippen LogP contribution in [0.3, 0.4) is 0 Å². The number of alkyl halides is 1. The van der Waals surface area contributed by atoms with Crippen LogP contribution >= 0.6 is 22.6 Å². The van der Waals surface area contributed by atoms with Gasteiger partial charge in [-0.15, -0.1) is 0 Å². The Hall–Kier alpha value is -0.940. The van der Waals surface area contributed by atoms with E-state index in [2.05, 4.69) is 22.6 Å². The lowest BCUT2D eigenvalue weighted by molar-refractivity contribution is -0.0286. The van der Waals surface area contributed by atoms with E-state index in [9.17, 15) is 4.39 Å². The van der Waals surface area contributed by atoms with Gasteiger partial charge in [-0.1, -0.05) is 71.1 Å². The minimum absolute atomic E-state index is 0.216. The number of ether oxygens (including phenoxy) is 1. The first-order valence-electron chi connectivity index (χ1n) is 6.14. The van der Waals surface area contributed by atoms with Gasteiger partial charge in [-0.3, -0.25) is 0 Å². The van der Waals surface area contributed by atoms with Crippen LogP contribution in [0.1, 0.15) is 18.1 Å². The largest absolute Gasteiger partial charge is 0.365 e. The minimum Gasteiger partial charge on any atom is -0.365 e. The molecule has 2 aromatic carbocycles. The maximum atomic E-state index is 13.6. The minimum atomic E-state index is -0.399. The number of hydrogen-bond donors (Lipinski definition) is 0. The Morgan fingerprint density at radius 1 is 1.05 bits per heavy atom. The van der Waals surface area contributed by atoms with Crippen molar-refractivity contribution in [3.05, 3.63) is 71.5 Å². The smallest absolute Gasteiger partial charge is 0.128 e. The molecule has 0 heterocycles. The Morgan fingerprint density at radius 3 is 2.32 bits per heavy atom. The highest BCUT2D eigenvalue weighted by molar-refractivity contribution is 14.1. The fourth-order valence-electron chi connectivity index (χ4n) is 1.84. The van der Waals surface area contributed by atoms with Crippen LogP contribution in [0.25, 0.3) is 0 Å². The zero-order chi connectivity index (χ0) is 13.7. The molecule has 2 rings (SSSR count). The van der Waals surface area contributed by atoms with Crippen molar-refractivity contribution in [2.45, 2.75) is 19.1 Å². The molecule has 2 aromatic rings. The molecule has 19 heavy (non-hydrogen) atoms. The summed E-state index contributed by atoms with van der Waals surface area (Å²) in [6.45, 7) is 2.32. The van der Waals surface area contributed by atoms with Crippen LogP contribution in [0, 0.1) is 5.82 Å². The van der Waals surface area contributed by atoms with Crippen molar-refractivity contribution >= 4 is 22.6 Å². The van der Waals surface area contributed by atoms with Crippen LogP contribution in [0.15, 0.2) is 54.6 Å². The summed E-state index contributed by atoms with van der Waals surface area (Å²) in [5.74, 6) is -0.216. The number of rotatable bonds is 5. The summed E-state index contributed by atoms with van der Waals surface area (Å²) in [5, 5.41) is 0. The molecule has 0 aliphatic heterocycles. The first kappa shape index (κ1) is 14.5. The van der Waals surface area contributed by atoms with E-state index in [0.717, 1.165) is 9.99 Å². The molecule has 0 radical (unpaired) electrons. The van der Waals surface area contributed by atoms with Crippen molar-refractivity contribution in [3.63, 3.8) is 0 Å². The van der Waals surface area contributed by atoms with Crippen LogP contribution in [0.2, 0.25) is 0 Å². The lowest BCUT2D eigenvalue weighted by Gasteiger charge is -2.28. The SMILES string of the molecule is CC(CI)(OCc1ccccc1F)c1ccccc1. The first-order chi connectivity index (χ1) is 9.15. The Bertz CT molecular complexity index is 529. The lowest BCUT2D eigenvalue weighted by Crippen LogP contribution is -2.27. The van der Waals surface area contributed by atoms with E-state index in [0.29, 0.717) is 5.56 Å². The summed E-state index contributed by atoms with van der Waals surface area (Å²) < 4.78 is 20.4. The number of benzene rings is 2. The number of halogens is 2. The van der Waals surface area contributed by atoms with E-state index < -0.39 is 5.60 Å². The molecule has 0 fully saturated rings. The van der Waals surface area contributed by atoms with Gasteiger partial charge in [0.2, 0.25) is 0 Å². The van der Waals surface area contributed by atoms with Gasteiger partial charge in [0.1, 0.15) is 5.82 Å². The summed E-state index contributed by atoms with van der Waals surface area (Å²) in [6, 6.07) is 16.8. The van der Waals surface area contributed by atoms with Gasteiger partial charge in [0.25, 0.3) is 0 Å². The van der Waals surface area contributed by atoms with Crippen LogP contribution in [-0.4, -0.2) is 4.43 Å². The lowest BCUT2D eigenvalue weighted by atomic mass is 9.98. The highest BCUT2D eigenvalue weighted by atomic mass is 127. The molecule has 0 aliphatic carbocycles. The van der Waals surface area contributed by atoms with Gasteiger partial charge in [-0.25, -0.2) is 4.39 Å². The average Bonchev–Trinajstić information content (AvgIpc) is 2.47. The van der Waals surface area contributed by atoms with Crippen molar-refractivity contribution in [3.8, 4) is 0 Å². The molecule has 1 nitrogen and oxygen atoms in total. The van der Waals surface area contributed by atoms with Crippen molar-refractivity contribution in [1.29, 1.82) is 0 Å². The molecule has 100 valence electrons. The van der Waals surface area contributed by atoms with Crippen LogP contribution in [0.5, 0.6) is 0 Å². The van der Waals surface area contributed by atoms with Crippen molar-refractivity contribution in [2.24, 2.45) is 0 Å². The summed E-state index contributed by atoms with van der Waals surface area (Å²) in [6.07, 6.45) is 0. The van der Waals surface area contributed by atoms with Gasteiger partial charge in [0.05, 0.1) is 12.2 Å². The summed E-state index contributed by atoms with van der Waals surface area (Å²) in [4.78, 5) is 0. The van der Waals surface area contributed by atoms with E-state index in [1.165, 1.54) is 6.07 Å². The highest BCUT2D eigenvalue weighted by Gasteiger charge is 2.26. The maximum Gasteiger partial charge on any atom is 0.128 e. The predicted molar refractivity (Wildman–Crippen MR) is 83.9 cm³/mol. The summed E-state index contributed by atoms with van der Waals surface area (Å²) in [7, 11) is 0.